The number of fused-ring (bicyclic) bond motifs is 2. The number of amides is 2. The molecule has 1 aliphatic rings. The zero-order valence-corrected chi connectivity index (χ0v) is 16.5. The van der Waals surface area contributed by atoms with Gasteiger partial charge in [-0.15, -0.1) is 0 Å². The van der Waals surface area contributed by atoms with Crippen LogP contribution in [0, 0.1) is 0 Å². The van der Waals surface area contributed by atoms with Gasteiger partial charge < -0.3 is 4.84 Å². The summed E-state index contributed by atoms with van der Waals surface area (Å²) in [6, 6.07) is 8.06. The Labute approximate surface area is 177 Å². The topological polar surface area (TPSA) is 76.6 Å². The Morgan fingerprint density at radius 2 is 1.50 bits per heavy atom. The highest BCUT2D eigenvalue weighted by Gasteiger charge is 2.44. The molecule has 6 nitrogen and oxygen atoms in total. The molecule has 0 bridgehead atoms. The summed E-state index contributed by atoms with van der Waals surface area (Å²) in [5, 5.41) is 0.112. The quantitative estimate of drug-likeness (QED) is 0.301. The third kappa shape index (κ3) is 2.81. The third-order valence-corrected chi connectivity index (χ3v) is 5.88. The largest absolute Gasteiger partial charge is 0.363 e. The van der Waals surface area contributed by atoms with Gasteiger partial charge in [0, 0.05) is 11.6 Å². The van der Waals surface area contributed by atoms with Crippen LogP contribution in [0.1, 0.15) is 31.1 Å². The minimum Gasteiger partial charge on any atom is -0.324 e. The monoisotopic (exact) mass is 454 g/mol. The van der Waals surface area contributed by atoms with Crippen LogP contribution in [0.2, 0.25) is 20.1 Å². The zero-order chi connectivity index (χ0) is 20.2. The van der Waals surface area contributed by atoms with Crippen molar-refractivity contribution in [2.24, 2.45) is 0 Å². The number of carbonyl (C=O) groups excluding carboxylic acids is 3. The van der Waals surface area contributed by atoms with Gasteiger partial charge in [-0.1, -0.05) is 57.5 Å². The van der Waals surface area contributed by atoms with Crippen LogP contribution >= 0.6 is 46.4 Å². The lowest BCUT2D eigenvalue weighted by Gasteiger charge is -2.13. The van der Waals surface area contributed by atoms with Crippen molar-refractivity contribution in [3.8, 4) is 0 Å². The number of halogens is 4. The van der Waals surface area contributed by atoms with Crippen LogP contribution in [-0.2, 0) is 4.84 Å². The van der Waals surface area contributed by atoms with Crippen molar-refractivity contribution in [2.75, 3.05) is 0 Å². The Morgan fingerprint density at radius 1 is 0.893 bits per heavy atom. The number of benzene rings is 2. The standard InChI is InChI=1S/C18H6Cl4N2O4/c19-12-10-11(13(20)15(22)14(12)21)17(26)24(16(10)25)28-18(27)8-3-4-9-7(6-8)2-1-5-23-9/h1-6H. The van der Waals surface area contributed by atoms with Crippen molar-refractivity contribution in [1.82, 2.24) is 10.0 Å². The minimum absolute atomic E-state index is 0.116. The molecule has 0 unspecified atom stereocenters. The fourth-order valence-corrected chi connectivity index (χ4v) is 3.76. The van der Waals surface area contributed by atoms with E-state index in [0.29, 0.717) is 10.9 Å². The van der Waals surface area contributed by atoms with E-state index in [1.54, 1.807) is 24.4 Å². The molecule has 2 amide bonds. The number of hydrogen-bond donors (Lipinski definition) is 0. The van der Waals surface area contributed by atoms with Gasteiger partial charge in [0.1, 0.15) is 0 Å². The van der Waals surface area contributed by atoms with Crippen LogP contribution in [0.4, 0.5) is 0 Å². The second kappa shape index (κ2) is 6.90. The van der Waals surface area contributed by atoms with E-state index in [-0.39, 0.29) is 41.8 Å². The van der Waals surface area contributed by atoms with Gasteiger partial charge in [0.15, 0.2) is 0 Å². The summed E-state index contributed by atoms with van der Waals surface area (Å²) in [6.07, 6.45) is 1.61. The molecule has 10 heteroatoms. The Kier molecular flexibility index (Phi) is 4.67. The molecule has 1 aliphatic heterocycles. The fraction of sp³-hybridized carbons (Fsp3) is 0. The third-order valence-electron chi connectivity index (χ3n) is 4.08. The fourth-order valence-electron chi connectivity index (χ4n) is 2.75. The van der Waals surface area contributed by atoms with E-state index in [4.69, 9.17) is 51.2 Å². The summed E-state index contributed by atoms with van der Waals surface area (Å²) in [4.78, 5) is 46.8. The average Bonchev–Trinajstić information content (AvgIpc) is 2.95. The van der Waals surface area contributed by atoms with E-state index in [1.807, 2.05) is 0 Å². The van der Waals surface area contributed by atoms with Crippen molar-refractivity contribution >= 4 is 75.1 Å². The van der Waals surface area contributed by atoms with Crippen molar-refractivity contribution in [1.29, 1.82) is 0 Å². The van der Waals surface area contributed by atoms with Gasteiger partial charge in [-0.05, 0) is 24.3 Å². The Bertz CT molecular complexity index is 1160. The van der Waals surface area contributed by atoms with Crippen LogP contribution in [-0.4, -0.2) is 27.8 Å². The first-order valence-corrected chi connectivity index (χ1v) is 9.14. The number of pyridine rings is 1. The van der Waals surface area contributed by atoms with Crippen LogP contribution in [0.5, 0.6) is 0 Å². The molecule has 3 aromatic rings. The lowest BCUT2D eigenvalue weighted by molar-refractivity contribution is -0.0584. The van der Waals surface area contributed by atoms with E-state index >= 15 is 0 Å². The Balaban J connectivity index is 1.69. The molecule has 0 radical (unpaired) electrons. The van der Waals surface area contributed by atoms with E-state index in [1.165, 1.54) is 12.1 Å². The summed E-state index contributed by atoms with van der Waals surface area (Å²) in [7, 11) is 0. The summed E-state index contributed by atoms with van der Waals surface area (Å²) in [6.45, 7) is 0. The Morgan fingerprint density at radius 3 is 2.11 bits per heavy atom. The summed E-state index contributed by atoms with van der Waals surface area (Å²) in [5.74, 6) is -2.87. The van der Waals surface area contributed by atoms with Crippen molar-refractivity contribution in [3.63, 3.8) is 0 Å². The first kappa shape index (κ1) is 19.0. The maximum Gasteiger partial charge on any atom is 0.363 e. The number of carbonyl (C=O) groups is 3. The smallest absolute Gasteiger partial charge is 0.324 e. The highest BCUT2D eigenvalue weighted by atomic mass is 35.5. The predicted octanol–water partition coefficient (Wildman–Crippen LogP) is 5.22. The molecule has 0 spiro atoms. The van der Waals surface area contributed by atoms with Gasteiger partial charge in [0.25, 0.3) is 11.8 Å². The number of hydroxylamine groups is 2. The number of imide groups is 1. The minimum atomic E-state index is -0.971. The van der Waals surface area contributed by atoms with Crippen LogP contribution in [0.3, 0.4) is 0 Å². The predicted molar refractivity (Wildman–Crippen MR) is 104 cm³/mol. The molecule has 0 fully saturated rings. The first-order chi connectivity index (χ1) is 13.3. The summed E-state index contributed by atoms with van der Waals surface area (Å²) >= 11 is 24.0. The van der Waals surface area contributed by atoms with E-state index in [0.717, 1.165) is 0 Å². The Hall–Kier alpha value is -2.38. The van der Waals surface area contributed by atoms with E-state index in [2.05, 4.69) is 4.98 Å². The molecule has 2 aromatic carbocycles. The highest BCUT2D eigenvalue weighted by molar-refractivity contribution is 6.55. The second-order valence-electron chi connectivity index (χ2n) is 5.70. The molecular weight excluding hydrogens is 450 g/mol. The molecule has 0 N–H and O–H groups in total. The van der Waals surface area contributed by atoms with Gasteiger partial charge >= 0.3 is 5.97 Å². The molecule has 0 aliphatic carbocycles. The lowest BCUT2D eigenvalue weighted by atomic mass is 10.1. The van der Waals surface area contributed by atoms with Crippen LogP contribution < -0.4 is 0 Å². The van der Waals surface area contributed by atoms with Gasteiger partial charge in [0.2, 0.25) is 0 Å². The normalized spacial score (nSPS) is 13.2. The molecule has 0 saturated heterocycles. The number of hydrogen-bond acceptors (Lipinski definition) is 5. The van der Waals surface area contributed by atoms with Gasteiger partial charge in [-0.25, -0.2) is 4.79 Å². The number of rotatable bonds is 2. The summed E-state index contributed by atoms with van der Waals surface area (Å²) in [5.41, 5.74) is 0.232. The highest BCUT2D eigenvalue weighted by Crippen LogP contribution is 2.44. The first-order valence-electron chi connectivity index (χ1n) is 7.63. The molecule has 0 saturated carbocycles. The number of aromatic nitrogens is 1. The molecule has 140 valence electrons. The molecule has 1 aromatic heterocycles. The van der Waals surface area contributed by atoms with Crippen molar-refractivity contribution in [2.45, 2.75) is 0 Å². The molecule has 0 atom stereocenters. The lowest BCUT2D eigenvalue weighted by Crippen LogP contribution is -2.32. The van der Waals surface area contributed by atoms with Gasteiger partial charge in [0.05, 0.1) is 42.3 Å². The van der Waals surface area contributed by atoms with Crippen molar-refractivity contribution in [3.05, 3.63) is 73.3 Å². The molecular formula is C18H6Cl4N2O4. The van der Waals surface area contributed by atoms with Crippen molar-refractivity contribution < 1.29 is 19.2 Å². The summed E-state index contributed by atoms with van der Waals surface area (Å²) < 4.78 is 0. The van der Waals surface area contributed by atoms with E-state index in [9.17, 15) is 14.4 Å². The molecule has 28 heavy (non-hydrogen) atoms. The average molecular weight is 456 g/mol. The number of nitrogens with zero attached hydrogens (tertiary/aromatic N) is 2. The van der Waals surface area contributed by atoms with Gasteiger partial charge in [-0.3, -0.25) is 14.6 Å². The second-order valence-corrected chi connectivity index (χ2v) is 7.21. The maximum absolute atomic E-state index is 12.6. The SMILES string of the molecule is O=C(ON1C(=O)c2c(Cl)c(Cl)c(Cl)c(Cl)c2C1=O)c1ccc2ncccc2c1. The van der Waals surface area contributed by atoms with Crippen LogP contribution in [0.15, 0.2) is 36.5 Å². The van der Waals surface area contributed by atoms with Gasteiger partial charge in [-0.2, -0.15) is 0 Å². The zero-order valence-electron chi connectivity index (χ0n) is 13.5. The van der Waals surface area contributed by atoms with E-state index < -0.39 is 17.8 Å². The molecule has 4 rings (SSSR count). The van der Waals surface area contributed by atoms with Crippen LogP contribution in [0.25, 0.3) is 10.9 Å². The molecule has 2 heterocycles. The maximum atomic E-state index is 12.6.